The van der Waals surface area contributed by atoms with Crippen LogP contribution in [0.1, 0.15) is 28.5 Å². The van der Waals surface area contributed by atoms with Crippen LogP contribution >= 0.6 is 0 Å². The number of aryl methyl sites for hydroxylation is 1. The molecule has 0 aliphatic rings. The number of hydrogen-bond donors (Lipinski definition) is 1. The van der Waals surface area contributed by atoms with Gasteiger partial charge in [-0.2, -0.15) is 0 Å². The van der Waals surface area contributed by atoms with E-state index >= 15 is 0 Å². The summed E-state index contributed by atoms with van der Waals surface area (Å²) >= 11 is 0. The molecule has 0 aliphatic heterocycles. The molecular weight excluding hydrogens is 430 g/mol. The molecule has 0 atom stereocenters. The lowest BCUT2D eigenvalue weighted by molar-refractivity contribution is -0.119. The maximum absolute atomic E-state index is 12.8. The fourth-order valence-corrected chi connectivity index (χ4v) is 4.19. The number of ether oxygens (including phenoxy) is 1. The third kappa shape index (κ3) is 4.79. The van der Waals surface area contributed by atoms with E-state index in [0.717, 1.165) is 15.6 Å². The van der Waals surface area contributed by atoms with Crippen LogP contribution in [0.3, 0.4) is 0 Å². The number of para-hydroxylation sites is 1. The number of sulfonamides is 1. The van der Waals surface area contributed by atoms with Gasteiger partial charge in [-0.15, -0.1) is 0 Å². The highest BCUT2D eigenvalue weighted by molar-refractivity contribution is 7.89. The molecule has 1 amide bonds. The number of anilines is 1. The molecule has 0 fully saturated rings. The van der Waals surface area contributed by atoms with Gasteiger partial charge in [0, 0.05) is 30.9 Å². The molecule has 0 radical (unpaired) electrons. The molecule has 0 saturated heterocycles. The zero-order chi connectivity index (χ0) is 23.5. The summed E-state index contributed by atoms with van der Waals surface area (Å²) in [4.78, 5) is 29.8. The van der Waals surface area contributed by atoms with Gasteiger partial charge < -0.3 is 10.1 Å². The molecule has 9 heteroatoms. The standard InChI is InChI=1S/C23H25N3O5S/c1-5-19-15(2)22(18-8-6-7-9-20(18)25-19)23(28)31-14-21(27)24-16-10-12-17(13-11-16)32(29,30)26(3)4/h6-13H,5,14H2,1-4H3,(H,24,27). The lowest BCUT2D eigenvalue weighted by Crippen LogP contribution is -2.23. The summed E-state index contributed by atoms with van der Waals surface area (Å²) in [7, 11) is -0.674. The number of carbonyl (C=O) groups is 2. The number of nitrogens with one attached hydrogen (secondary N) is 1. The Balaban J connectivity index is 1.71. The SMILES string of the molecule is CCc1nc2ccccc2c(C(=O)OCC(=O)Nc2ccc(S(=O)(=O)N(C)C)cc2)c1C. The monoisotopic (exact) mass is 455 g/mol. The minimum Gasteiger partial charge on any atom is -0.452 e. The molecule has 1 heterocycles. The quantitative estimate of drug-likeness (QED) is 0.549. The van der Waals surface area contributed by atoms with E-state index in [1.165, 1.54) is 38.4 Å². The molecule has 3 rings (SSSR count). The first-order chi connectivity index (χ1) is 15.1. The first kappa shape index (κ1) is 23.4. The van der Waals surface area contributed by atoms with Crippen molar-refractivity contribution in [3.63, 3.8) is 0 Å². The number of hydrogen-bond acceptors (Lipinski definition) is 6. The Morgan fingerprint density at radius 2 is 1.72 bits per heavy atom. The highest BCUT2D eigenvalue weighted by Crippen LogP contribution is 2.24. The number of benzene rings is 2. The second-order valence-electron chi connectivity index (χ2n) is 7.37. The van der Waals surface area contributed by atoms with Crippen LogP contribution in [0.5, 0.6) is 0 Å². The van der Waals surface area contributed by atoms with Crippen LogP contribution < -0.4 is 5.32 Å². The van der Waals surface area contributed by atoms with Crippen molar-refractivity contribution in [3.8, 4) is 0 Å². The van der Waals surface area contributed by atoms with E-state index in [2.05, 4.69) is 10.3 Å². The molecule has 8 nitrogen and oxygen atoms in total. The van der Waals surface area contributed by atoms with Gasteiger partial charge in [-0.3, -0.25) is 9.78 Å². The molecule has 0 bridgehead atoms. The van der Waals surface area contributed by atoms with Crippen LogP contribution in [0.15, 0.2) is 53.4 Å². The Morgan fingerprint density at radius 1 is 1.06 bits per heavy atom. The zero-order valence-electron chi connectivity index (χ0n) is 18.4. The first-order valence-corrected chi connectivity index (χ1v) is 11.5. The molecular formula is C23H25N3O5S. The number of rotatable bonds is 7. The number of carbonyl (C=O) groups excluding carboxylic acids is 2. The largest absolute Gasteiger partial charge is 0.452 e. The Hall–Kier alpha value is -3.30. The van der Waals surface area contributed by atoms with Crippen molar-refractivity contribution >= 4 is 38.5 Å². The van der Waals surface area contributed by atoms with Gasteiger partial charge in [0.2, 0.25) is 10.0 Å². The van der Waals surface area contributed by atoms with E-state index in [1.54, 1.807) is 6.07 Å². The molecule has 0 spiro atoms. The normalized spacial score (nSPS) is 11.5. The van der Waals surface area contributed by atoms with E-state index in [4.69, 9.17) is 4.74 Å². The molecule has 32 heavy (non-hydrogen) atoms. The van der Waals surface area contributed by atoms with Gasteiger partial charge in [-0.25, -0.2) is 17.5 Å². The molecule has 168 valence electrons. The number of esters is 1. The molecule has 0 saturated carbocycles. The van der Waals surface area contributed by atoms with Crippen LogP contribution in [0.2, 0.25) is 0 Å². The smallest absolute Gasteiger partial charge is 0.339 e. The van der Waals surface area contributed by atoms with Gasteiger partial charge in [0.1, 0.15) is 0 Å². The highest BCUT2D eigenvalue weighted by atomic mass is 32.2. The van der Waals surface area contributed by atoms with Crippen LogP contribution in [-0.4, -0.2) is 50.3 Å². The number of pyridine rings is 1. The van der Waals surface area contributed by atoms with Crippen LogP contribution in [-0.2, 0) is 26.0 Å². The van der Waals surface area contributed by atoms with E-state index in [9.17, 15) is 18.0 Å². The Morgan fingerprint density at radius 3 is 2.34 bits per heavy atom. The van der Waals surface area contributed by atoms with E-state index in [-0.39, 0.29) is 4.90 Å². The van der Waals surface area contributed by atoms with Crippen LogP contribution in [0.4, 0.5) is 5.69 Å². The average molecular weight is 456 g/mol. The minimum absolute atomic E-state index is 0.110. The van der Waals surface area contributed by atoms with E-state index in [0.29, 0.717) is 28.6 Å². The minimum atomic E-state index is -3.56. The number of nitrogens with zero attached hydrogens (tertiary/aromatic N) is 2. The van der Waals surface area contributed by atoms with Crippen molar-refractivity contribution in [2.75, 3.05) is 26.0 Å². The molecule has 0 aliphatic carbocycles. The predicted octanol–water partition coefficient (Wildman–Crippen LogP) is 3.15. The lowest BCUT2D eigenvalue weighted by atomic mass is 10.0. The van der Waals surface area contributed by atoms with Crippen LogP contribution in [0.25, 0.3) is 10.9 Å². The fraction of sp³-hybridized carbons (Fsp3) is 0.261. The average Bonchev–Trinajstić information content (AvgIpc) is 2.77. The summed E-state index contributed by atoms with van der Waals surface area (Å²) in [5.74, 6) is -1.13. The maximum atomic E-state index is 12.8. The molecule has 1 aromatic heterocycles. The molecule has 1 N–H and O–H groups in total. The summed E-state index contributed by atoms with van der Waals surface area (Å²) in [6, 6.07) is 13.0. The van der Waals surface area contributed by atoms with Gasteiger partial charge in [-0.1, -0.05) is 25.1 Å². The number of aromatic nitrogens is 1. The van der Waals surface area contributed by atoms with Crippen molar-refractivity contribution < 1.29 is 22.7 Å². The Labute approximate surface area is 187 Å². The van der Waals surface area contributed by atoms with Gasteiger partial charge in [0.25, 0.3) is 5.91 Å². The summed E-state index contributed by atoms with van der Waals surface area (Å²) < 4.78 is 30.6. The summed E-state index contributed by atoms with van der Waals surface area (Å²) in [5.41, 5.74) is 3.02. The molecule has 2 aromatic carbocycles. The summed E-state index contributed by atoms with van der Waals surface area (Å²) in [6.45, 7) is 3.30. The van der Waals surface area contributed by atoms with Gasteiger partial charge in [-0.05, 0) is 49.2 Å². The van der Waals surface area contributed by atoms with Crippen molar-refractivity contribution in [3.05, 3.63) is 65.4 Å². The predicted molar refractivity (Wildman–Crippen MR) is 122 cm³/mol. The molecule has 0 unspecified atom stereocenters. The zero-order valence-corrected chi connectivity index (χ0v) is 19.2. The second kappa shape index (κ2) is 9.46. The second-order valence-corrected chi connectivity index (χ2v) is 9.52. The maximum Gasteiger partial charge on any atom is 0.339 e. The van der Waals surface area contributed by atoms with Crippen molar-refractivity contribution in [1.82, 2.24) is 9.29 Å². The fourth-order valence-electron chi connectivity index (χ4n) is 3.29. The van der Waals surface area contributed by atoms with Gasteiger partial charge >= 0.3 is 5.97 Å². The third-order valence-corrected chi connectivity index (χ3v) is 6.86. The molecule has 3 aromatic rings. The van der Waals surface area contributed by atoms with Crippen molar-refractivity contribution in [1.29, 1.82) is 0 Å². The lowest BCUT2D eigenvalue weighted by Gasteiger charge is -2.13. The van der Waals surface area contributed by atoms with E-state index < -0.39 is 28.5 Å². The first-order valence-electron chi connectivity index (χ1n) is 10.0. The number of amides is 1. The Kier molecular flexibility index (Phi) is 6.90. The Bertz CT molecular complexity index is 1270. The van der Waals surface area contributed by atoms with Gasteiger partial charge in [0.05, 0.1) is 16.0 Å². The summed E-state index contributed by atoms with van der Waals surface area (Å²) in [6.07, 6.45) is 0.664. The van der Waals surface area contributed by atoms with Gasteiger partial charge in [0.15, 0.2) is 6.61 Å². The summed E-state index contributed by atoms with van der Waals surface area (Å²) in [5, 5.41) is 3.27. The van der Waals surface area contributed by atoms with Crippen molar-refractivity contribution in [2.24, 2.45) is 0 Å². The number of fused-ring (bicyclic) bond motifs is 1. The highest BCUT2D eigenvalue weighted by Gasteiger charge is 2.20. The third-order valence-electron chi connectivity index (χ3n) is 5.03. The van der Waals surface area contributed by atoms with Crippen LogP contribution in [0, 0.1) is 6.92 Å². The van der Waals surface area contributed by atoms with Crippen molar-refractivity contribution in [2.45, 2.75) is 25.2 Å². The topological polar surface area (TPSA) is 106 Å². The van der Waals surface area contributed by atoms with E-state index in [1.807, 2.05) is 32.0 Å².